The number of carbonyl (C=O) groups excluding carboxylic acids is 1. The predicted molar refractivity (Wildman–Crippen MR) is 80.8 cm³/mol. The number of hydrogen-bond donors (Lipinski definition) is 2. The van der Waals surface area contributed by atoms with E-state index in [0.29, 0.717) is 5.69 Å². The lowest BCUT2D eigenvalue weighted by molar-refractivity contribution is 0.111. The summed E-state index contributed by atoms with van der Waals surface area (Å²) in [6.45, 7) is 4.54. The van der Waals surface area contributed by atoms with Crippen LogP contribution >= 0.6 is 0 Å². The summed E-state index contributed by atoms with van der Waals surface area (Å²) in [4.78, 5) is 12.6. The molecule has 0 heterocycles. The highest BCUT2D eigenvalue weighted by Crippen LogP contribution is 2.16. The van der Waals surface area contributed by atoms with Crippen molar-refractivity contribution >= 4 is 11.7 Å². The lowest BCUT2D eigenvalue weighted by Crippen LogP contribution is -2.34. The molecular formula is C15H23F2N3O. The topological polar surface area (TPSA) is 44.4 Å². The van der Waals surface area contributed by atoms with Gasteiger partial charge in [-0.15, -0.1) is 0 Å². The van der Waals surface area contributed by atoms with Crippen LogP contribution in [0, 0.1) is 0 Å². The molecule has 0 saturated heterocycles. The van der Waals surface area contributed by atoms with Crippen molar-refractivity contribution in [3.63, 3.8) is 0 Å². The Morgan fingerprint density at radius 1 is 1.29 bits per heavy atom. The van der Waals surface area contributed by atoms with Gasteiger partial charge in [0.25, 0.3) is 6.43 Å². The Bertz CT molecular complexity index is 437. The maximum Gasteiger partial charge on any atom is 0.321 e. The summed E-state index contributed by atoms with van der Waals surface area (Å²) in [6.07, 6.45) is -1.47. The van der Waals surface area contributed by atoms with Gasteiger partial charge in [-0.3, -0.25) is 0 Å². The number of anilines is 1. The van der Waals surface area contributed by atoms with Gasteiger partial charge in [0.1, 0.15) is 0 Å². The second-order valence-electron chi connectivity index (χ2n) is 5.00. The number of rotatable bonds is 7. The molecule has 2 amide bonds. The minimum Gasteiger partial charge on any atom is -0.322 e. The van der Waals surface area contributed by atoms with E-state index in [1.54, 1.807) is 12.1 Å². The zero-order valence-corrected chi connectivity index (χ0v) is 12.7. The number of nitrogens with one attached hydrogen (secondary N) is 2. The van der Waals surface area contributed by atoms with E-state index in [9.17, 15) is 13.6 Å². The summed E-state index contributed by atoms with van der Waals surface area (Å²) < 4.78 is 24.4. The smallest absolute Gasteiger partial charge is 0.321 e. The Kier molecular flexibility index (Phi) is 7.08. The van der Waals surface area contributed by atoms with Gasteiger partial charge >= 0.3 is 6.03 Å². The number of alkyl halides is 2. The van der Waals surface area contributed by atoms with E-state index < -0.39 is 19.0 Å². The van der Waals surface area contributed by atoms with E-state index in [2.05, 4.69) is 24.5 Å². The van der Waals surface area contributed by atoms with Gasteiger partial charge < -0.3 is 15.5 Å². The second-order valence-corrected chi connectivity index (χ2v) is 5.00. The Labute approximate surface area is 124 Å². The van der Waals surface area contributed by atoms with Crippen LogP contribution in [0.4, 0.5) is 19.3 Å². The molecule has 0 bridgehead atoms. The van der Waals surface area contributed by atoms with E-state index in [4.69, 9.17) is 0 Å². The van der Waals surface area contributed by atoms with Crippen LogP contribution in [0.15, 0.2) is 24.3 Å². The largest absolute Gasteiger partial charge is 0.322 e. The summed E-state index contributed by atoms with van der Waals surface area (Å²) in [7, 11) is 1.34. The third-order valence-electron chi connectivity index (χ3n) is 3.12. The molecule has 0 spiro atoms. The van der Waals surface area contributed by atoms with Gasteiger partial charge in [-0.1, -0.05) is 19.1 Å². The molecule has 0 aliphatic carbocycles. The summed E-state index contributed by atoms with van der Waals surface area (Å²) in [6, 6.07) is 7.06. The lowest BCUT2D eigenvalue weighted by Gasteiger charge is -2.18. The molecule has 118 valence electrons. The van der Waals surface area contributed by atoms with Gasteiger partial charge in [0.15, 0.2) is 0 Å². The number of urea groups is 1. The summed E-state index contributed by atoms with van der Waals surface area (Å²) >= 11 is 0. The number of amides is 2. The first-order valence-electron chi connectivity index (χ1n) is 7.07. The van der Waals surface area contributed by atoms with Crippen LogP contribution in [0.2, 0.25) is 0 Å². The molecule has 6 heteroatoms. The first-order valence-corrected chi connectivity index (χ1v) is 7.07. The molecule has 21 heavy (non-hydrogen) atoms. The van der Waals surface area contributed by atoms with Crippen LogP contribution in [-0.4, -0.2) is 37.5 Å². The summed E-state index contributed by atoms with van der Waals surface area (Å²) in [5.74, 6) is 0. The van der Waals surface area contributed by atoms with E-state index in [1.165, 1.54) is 7.05 Å². The van der Waals surface area contributed by atoms with E-state index in [-0.39, 0.29) is 6.04 Å². The molecule has 2 N–H and O–H groups in total. The number of benzene rings is 1. The van der Waals surface area contributed by atoms with Crippen LogP contribution < -0.4 is 10.6 Å². The molecule has 1 unspecified atom stereocenters. The molecule has 0 fully saturated rings. The van der Waals surface area contributed by atoms with Crippen molar-refractivity contribution in [2.45, 2.75) is 32.7 Å². The van der Waals surface area contributed by atoms with Crippen LogP contribution in [0.5, 0.6) is 0 Å². The van der Waals surface area contributed by atoms with E-state index in [0.717, 1.165) is 23.4 Å². The fourth-order valence-corrected chi connectivity index (χ4v) is 1.84. The standard InChI is InChI=1S/C15H23F2N3O/c1-4-9-18-11(2)12-5-7-13(8-6-12)19-15(21)20(3)10-14(16)17/h5-8,11,14,18H,4,9-10H2,1-3H3,(H,19,21). The quantitative estimate of drug-likeness (QED) is 0.809. The molecule has 4 nitrogen and oxygen atoms in total. The van der Waals surface area contributed by atoms with Gasteiger partial charge in [-0.05, 0) is 37.6 Å². The van der Waals surface area contributed by atoms with E-state index in [1.807, 2.05) is 12.1 Å². The normalized spacial score (nSPS) is 12.3. The molecule has 1 aromatic carbocycles. The predicted octanol–water partition coefficient (Wildman–Crippen LogP) is 3.48. The fraction of sp³-hybridized carbons (Fsp3) is 0.533. The number of halogens is 2. The third kappa shape index (κ3) is 6.08. The van der Waals surface area contributed by atoms with Gasteiger partial charge in [0.2, 0.25) is 0 Å². The fourth-order valence-electron chi connectivity index (χ4n) is 1.84. The number of nitrogens with zero attached hydrogens (tertiary/aromatic N) is 1. The van der Waals surface area contributed by atoms with Crippen LogP contribution in [0.25, 0.3) is 0 Å². The van der Waals surface area contributed by atoms with Crippen molar-refractivity contribution in [3.05, 3.63) is 29.8 Å². The van der Waals surface area contributed by atoms with Crippen molar-refractivity contribution in [1.82, 2.24) is 10.2 Å². The highest BCUT2D eigenvalue weighted by Gasteiger charge is 2.14. The molecule has 0 saturated carbocycles. The first-order chi connectivity index (χ1) is 9.93. The Morgan fingerprint density at radius 3 is 2.43 bits per heavy atom. The number of carbonyl (C=O) groups is 1. The molecule has 1 atom stereocenters. The van der Waals surface area contributed by atoms with Crippen molar-refractivity contribution in [3.8, 4) is 0 Å². The number of hydrogen-bond acceptors (Lipinski definition) is 2. The Morgan fingerprint density at radius 2 is 1.90 bits per heavy atom. The van der Waals surface area contributed by atoms with Gasteiger partial charge in [-0.2, -0.15) is 0 Å². The summed E-state index contributed by atoms with van der Waals surface area (Å²) in [5.41, 5.74) is 1.70. The molecule has 0 radical (unpaired) electrons. The monoisotopic (exact) mass is 299 g/mol. The lowest BCUT2D eigenvalue weighted by atomic mass is 10.1. The van der Waals surface area contributed by atoms with Crippen molar-refractivity contribution < 1.29 is 13.6 Å². The van der Waals surface area contributed by atoms with Crippen LogP contribution in [0.3, 0.4) is 0 Å². The SMILES string of the molecule is CCCNC(C)c1ccc(NC(=O)N(C)CC(F)F)cc1. The highest BCUT2D eigenvalue weighted by molar-refractivity contribution is 5.89. The molecule has 0 aromatic heterocycles. The maximum atomic E-state index is 12.2. The van der Waals surface area contributed by atoms with Crippen LogP contribution in [0.1, 0.15) is 31.9 Å². The molecule has 1 rings (SSSR count). The van der Waals surface area contributed by atoms with Crippen LogP contribution in [-0.2, 0) is 0 Å². The zero-order valence-electron chi connectivity index (χ0n) is 12.7. The molecule has 1 aromatic rings. The molecule has 0 aliphatic rings. The zero-order chi connectivity index (χ0) is 15.8. The average molecular weight is 299 g/mol. The Balaban J connectivity index is 2.56. The van der Waals surface area contributed by atoms with Gasteiger partial charge in [-0.25, -0.2) is 13.6 Å². The van der Waals surface area contributed by atoms with Gasteiger partial charge in [0.05, 0.1) is 6.54 Å². The third-order valence-corrected chi connectivity index (χ3v) is 3.12. The van der Waals surface area contributed by atoms with Crippen molar-refractivity contribution in [2.75, 3.05) is 25.5 Å². The Hall–Kier alpha value is -1.69. The first kappa shape index (κ1) is 17.4. The molecular weight excluding hydrogens is 276 g/mol. The van der Waals surface area contributed by atoms with E-state index >= 15 is 0 Å². The maximum absolute atomic E-state index is 12.2. The summed E-state index contributed by atoms with van der Waals surface area (Å²) in [5, 5.41) is 5.96. The molecule has 0 aliphatic heterocycles. The second kappa shape index (κ2) is 8.56. The van der Waals surface area contributed by atoms with Crippen molar-refractivity contribution in [1.29, 1.82) is 0 Å². The van der Waals surface area contributed by atoms with Gasteiger partial charge in [0, 0.05) is 18.8 Å². The average Bonchev–Trinajstić information content (AvgIpc) is 2.44. The minimum atomic E-state index is -2.53. The highest BCUT2D eigenvalue weighted by atomic mass is 19.3. The minimum absolute atomic E-state index is 0.233. The van der Waals surface area contributed by atoms with Crippen molar-refractivity contribution in [2.24, 2.45) is 0 Å².